The van der Waals surface area contributed by atoms with Gasteiger partial charge in [0.25, 0.3) is 5.91 Å². The van der Waals surface area contributed by atoms with E-state index in [1.807, 2.05) is 25.3 Å². The standard InChI is InChI=1S/C21H27N5O3/c1-15-19(21(28)24-17-12-22-25(13-17)10-11-27)26-9-5-8-18(20(26)23-15)29-14-16-6-3-2-4-7-16/h5,8-9,12-13,16,27H,2-4,6-7,10-11,14H2,1H3,(H,24,28). The summed E-state index contributed by atoms with van der Waals surface area (Å²) in [4.78, 5) is 17.5. The zero-order chi connectivity index (χ0) is 20.2. The zero-order valence-electron chi connectivity index (χ0n) is 16.7. The van der Waals surface area contributed by atoms with Crippen LogP contribution in [-0.2, 0) is 6.54 Å². The van der Waals surface area contributed by atoms with Crippen LogP contribution in [-0.4, -0.2) is 43.4 Å². The summed E-state index contributed by atoms with van der Waals surface area (Å²) in [6.45, 7) is 2.89. The van der Waals surface area contributed by atoms with Gasteiger partial charge in [-0.1, -0.05) is 19.3 Å². The van der Waals surface area contributed by atoms with Crippen LogP contribution in [0.5, 0.6) is 5.75 Å². The molecule has 0 aliphatic heterocycles. The number of aryl methyl sites for hydroxylation is 1. The average molecular weight is 397 g/mol. The topological polar surface area (TPSA) is 93.7 Å². The predicted molar refractivity (Wildman–Crippen MR) is 109 cm³/mol. The van der Waals surface area contributed by atoms with Gasteiger partial charge in [0.2, 0.25) is 0 Å². The summed E-state index contributed by atoms with van der Waals surface area (Å²) in [6, 6.07) is 3.78. The number of pyridine rings is 1. The van der Waals surface area contributed by atoms with Gasteiger partial charge in [0.05, 0.1) is 37.3 Å². The molecule has 0 bridgehead atoms. The van der Waals surface area contributed by atoms with E-state index in [0.29, 0.717) is 47.5 Å². The highest BCUT2D eigenvalue weighted by Gasteiger charge is 2.20. The Balaban J connectivity index is 1.53. The quantitative estimate of drug-likeness (QED) is 0.639. The number of amides is 1. The maximum atomic E-state index is 12.9. The van der Waals surface area contributed by atoms with Gasteiger partial charge >= 0.3 is 0 Å². The van der Waals surface area contributed by atoms with E-state index in [-0.39, 0.29) is 12.5 Å². The Hall–Kier alpha value is -2.87. The molecule has 29 heavy (non-hydrogen) atoms. The monoisotopic (exact) mass is 397 g/mol. The van der Waals surface area contributed by atoms with E-state index in [1.165, 1.54) is 32.1 Å². The third-order valence-electron chi connectivity index (χ3n) is 5.42. The number of aliphatic hydroxyl groups is 1. The molecule has 1 aliphatic rings. The van der Waals surface area contributed by atoms with Crippen LogP contribution >= 0.6 is 0 Å². The smallest absolute Gasteiger partial charge is 0.274 e. The number of rotatable bonds is 7. The van der Waals surface area contributed by atoms with E-state index in [2.05, 4.69) is 15.4 Å². The van der Waals surface area contributed by atoms with Crippen LogP contribution in [0.2, 0.25) is 0 Å². The van der Waals surface area contributed by atoms with E-state index in [0.717, 1.165) is 0 Å². The number of imidazole rings is 1. The molecule has 8 nitrogen and oxygen atoms in total. The lowest BCUT2D eigenvalue weighted by Gasteiger charge is -2.21. The van der Waals surface area contributed by atoms with Crippen molar-refractivity contribution in [2.24, 2.45) is 5.92 Å². The van der Waals surface area contributed by atoms with Gasteiger partial charge in [-0.15, -0.1) is 0 Å². The van der Waals surface area contributed by atoms with Gasteiger partial charge in [0.1, 0.15) is 5.69 Å². The molecular weight excluding hydrogens is 370 g/mol. The summed E-state index contributed by atoms with van der Waals surface area (Å²) in [6.07, 6.45) is 11.4. The lowest BCUT2D eigenvalue weighted by molar-refractivity contribution is 0.102. The molecule has 0 saturated heterocycles. The molecule has 154 valence electrons. The lowest BCUT2D eigenvalue weighted by Crippen LogP contribution is -2.16. The van der Waals surface area contributed by atoms with E-state index >= 15 is 0 Å². The SMILES string of the molecule is Cc1nc2c(OCC3CCCCC3)cccn2c1C(=O)Nc1cnn(CCO)c1. The van der Waals surface area contributed by atoms with Crippen molar-refractivity contribution in [3.63, 3.8) is 0 Å². The number of carbonyl (C=O) groups is 1. The summed E-state index contributed by atoms with van der Waals surface area (Å²) in [5, 5.41) is 16.0. The lowest BCUT2D eigenvalue weighted by atomic mass is 9.90. The Kier molecular flexibility index (Phi) is 5.80. The number of anilines is 1. The molecule has 0 aromatic carbocycles. The fraction of sp³-hybridized carbons (Fsp3) is 0.476. The van der Waals surface area contributed by atoms with Crippen molar-refractivity contribution in [3.8, 4) is 5.75 Å². The van der Waals surface area contributed by atoms with Crippen molar-refractivity contribution in [2.75, 3.05) is 18.5 Å². The minimum absolute atomic E-state index is 0.00886. The maximum Gasteiger partial charge on any atom is 0.274 e. The van der Waals surface area contributed by atoms with Gasteiger partial charge in [-0.25, -0.2) is 4.98 Å². The number of aliphatic hydroxyl groups excluding tert-OH is 1. The van der Waals surface area contributed by atoms with Crippen LogP contribution < -0.4 is 10.1 Å². The first kappa shape index (κ1) is 19.4. The molecule has 0 atom stereocenters. The van der Waals surface area contributed by atoms with Crippen molar-refractivity contribution in [2.45, 2.75) is 45.6 Å². The van der Waals surface area contributed by atoms with Crippen LogP contribution in [0, 0.1) is 12.8 Å². The summed E-state index contributed by atoms with van der Waals surface area (Å²) in [5.41, 5.74) is 2.33. The number of ether oxygens (including phenoxy) is 1. The summed E-state index contributed by atoms with van der Waals surface area (Å²) >= 11 is 0. The number of hydrogen-bond donors (Lipinski definition) is 2. The molecule has 2 N–H and O–H groups in total. The first-order chi connectivity index (χ1) is 14.2. The molecular formula is C21H27N5O3. The minimum Gasteiger partial charge on any atom is -0.489 e. The van der Waals surface area contributed by atoms with Gasteiger partial charge in [-0.05, 0) is 37.8 Å². The highest BCUT2D eigenvalue weighted by molar-refractivity contribution is 6.04. The van der Waals surface area contributed by atoms with E-state index < -0.39 is 0 Å². The number of carbonyl (C=O) groups excluding carboxylic acids is 1. The van der Waals surface area contributed by atoms with Crippen molar-refractivity contribution in [1.29, 1.82) is 0 Å². The van der Waals surface area contributed by atoms with Crippen molar-refractivity contribution < 1.29 is 14.6 Å². The van der Waals surface area contributed by atoms with E-state index in [9.17, 15) is 4.79 Å². The second-order valence-corrected chi connectivity index (χ2v) is 7.60. The fourth-order valence-corrected chi connectivity index (χ4v) is 3.95. The first-order valence-electron chi connectivity index (χ1n) is 10.2. The van der Waals surface area contributed by atoms with Crippen LogP contribution in [0.3, 0.4) is 0 Å². The Labute approximate surface area is 169 Å². The largest absolute Gasteiger partial charge is 0.489 e. The summed E-state index contributed by atoms with van der Waals surface area (Å²) in [7, 11) is 0. The molecule has 8 heteroatoms. The second-order valence-electron chi connectivity index (χ2n) is 7.60. The van der Waals surface area contributed by atoms with Crippen LogP contribution in [0.4, 0.5) is 5.69 Å². The molecule has 0 unspecified atom stereocenters. The molecule has 1 fully saturated rings. The Morgan fingerprint density at radius 1 is 1.34 bits per heavy atom. The number of nitrogens with zero attached hydrogens (tertiary/aromatic N) is 4. The molecule has 0 radical (unpaired) electrons. The van der Waals surface area contributed by atoms with Crippen LogP contribution in [0.1, 0.15) is 48.3 Å². The predicted octanol–water partition coefficient (Wildman–Crippen LogP) is 3.04. The second kappa shape index (κ2) is 8.65. The summed E-state index contributed by atoms with van der Waals surface area (Å²) in [5.74, 6) is 1.04. The molecule has 3 aromatic rings. The number of hydrogen-bond acceptors (Lipinski definition) is 5. The third-order valence-corrected chi connectivity index (χ3v) is 5.42. The molecule has 0 spiro atoms. The highest BCUT2D eigenvalue weighted by Crippen LogP contribution is 2.27. The first-order valence-corrected chi connectivity index (χ1v) is 10.2. The minimum atomic E-state index is -0.261. The Morgan fingerprint density at radius 3 is 2.97 bits per heavy atom. The Bertz CT molecular complexity index is 988. The van der Waals surface area contributed by atoms with Crippen LogP contribution in [0.25, 0.3) is 5.65 Å². The van der Waals surface area contributed by atoms with Gasteiger partial charge < -0.3 is 15.2 Å². The Morgan fingerprint density at radius 2 is 2.17 bits per heavy atom. The van der Waals surface area contributed by atoms with E-state index in [4.69, 9.17) is 9.84 Å². The molecule has 1 amide bonds. The molecule has 1 saturated carbocycles. The average Bonchev–Trinajstić information content (AvgIpc) is 3.30. The molecule has 3 aromatic heterocycles. The maximum absolute atomic E-state index is 12.9. The van der Waals surface area contributed by atoms with Crippen molar-refractivity contribution in [1.82, 2.24) is 19.2 Å². The number of nitrogens with one attached hydrogen (secondary N) is 1. The number of fused-ring (bicyclic) bond motifs is 1. The van der Waals surface area contributed by atoms with Crippen molar-refractivity contribution in [3.05, 3.63) is 42.1 Å². The van der Waals surface area contributed by atoms with Gasteiger partial charge in [-0.2, -0.15) is 5.10 Å². The van der Waals surface area contributed by atoms with Gasteiger partial charge in [0.15, 0.2) is 11.4 Å². The van der Waals surface area contributed by atoms with Crippen molar-refractivity contribution >= 4 is 17.2 Å². The number of aromatic nitrogens is 4. The molecule has 4 rings (SSSR count). The van der Waals surface area contributed by atoms with E-state index in [1.54, 1.807) is 21.5 Å². The summed E-state index contributed by atoms with van der Waals surface area (Å²) < 4.78 is 9.46. The third kappa shape index (κ3) is 4.27. The van der Waals surface area contributed by atoms with Crippen LogP contribution in [0.15, 0.2) is 30.7 Å². The van der Waals surface area contributed by atoms with Gasteiger partial charge in [-0.3, -0.25) is 13.9 Å². The van der Waals surface area contributed by atoms with Gasteiger partial charge in [0, 0.05) is 12.4 Å². The highest BCUT2D eigenvalue weighted by atomic mass is 16.5. The molecule has 1 aliphatic carbocycles. The molecule has 3 heterocycles. The zero-order valence-corrected chi connectivity index (χ0v) is 16.7. The fourth-order valence-electron chi connectivity index (χ4n) is 3.95. The normalized spacial score (nSPS) is 15.0.